The van der Waals surface area contributed by atoms with Gasteiger partial charge in [0.2, 0.25) is 0 Å². The van der Waals surface area contributed by atoms with Crippen LogP contribution in [0.25, 0.3) is 0 Å². The first-order valence-corrected chi connectivity index (χ1v) is 7.28. The molecule has 1 aliphatic carbocycles. The van der Waals surface area contributed by atoms with Gasteiger partial charge in [0.1, 0.15) is 0 Å². The first-order chi connectivity index (χ1) is 8.88. The molecule has 4 heteroatoms. The van der Waals surface area contributed by atoms with Crippen LogP contribution < -0.4 is 5.73 Å². The molecule has 0 amide bonds. The Balaban J connectivity index is 2.20. The maximum Gasteiger partial charge on any atom is 0.0890 e. The van der Waals surface area contributed by atoms with Crippen molar-refractivity contribution in [3.8, 4) is 0 Å². The molecule has 1 fully saturated rings. The van der Waals surface area contributed by atoms with Gasteiger partial charge in [-0.25, -0.2) is 0 Å². The highest BCUT2D eigenvalue weighted by Crippen LogP contribution is 2.46. The lowest BCUT2D eigenvalue weighted by Gasteiger charge is -2.46. The number of hydrogen-bond acceptors (Lipinski definition) is 3. The normalized spacial score (nSPS) is 23.2. The minimum absolute atomic E-state index is 0.134. The van der Waals surface area contributed by atoms with Gasteiger partial charge in [-0.1, -0.05) is 13.8 Å². The SMILES string of the molecule is CCOC1(C(N)c2ccn(C)n2)CCC(C)(C)CC1. The largest absolute Gasteiger partial charge is 0.373 e. The van der Waals surface area contributed by atoms with Crippen molar-refractivity contribution < 1.29 is 4.74 Å². The van der Waals surface area contributed by atoms with Gasteiger partial charge < -0.3 is 10.5 Å². The van der Waals surface area contributed by atoms with E-state index in [1.807, 2.05) is 30.9 Å². The molecule has 0 spiro atoms. The summed E-state index contributed by atoms with van der Waals surface area (Å²) in [5, 5.41) is 4.46. The Morgan fingerprint density at radius 2 is 2.00 bits per heavy atom. The van der Waals surface area contributed by atoms with Crippen LogP contribution in [0.4, 0.5) is 0 Å². The molecule has 1 unspecified atom stereocenters. The van der Waals surface area contributed by atoms with Crippen molar-refractivity contribution >= 4 is 0 Å². The molecule has 0 aromatic carbocycles. The molecule has 2 N–H and O–H groups in total. The highest BCUT2D eigenvalue weighted by atomic mass is 16.5. The van der Waals surface area contributed by atoms with E-state index in [-0.39, 0.29) is 11.6 Å². The molecule has 0 radical (unpaired) electrons. The van der Waals surface area contributed by atoms with E-state index in [1.165, 1.54) is 0 Å². The Bertz CT molecular complexity index is 415. The van der Waals surface area contributed by atoms with Crippen LogP contribution >= 0.6 is 0 Å². The molecule has 0 aliphatic heterocycles. The predicted octanol–water partition coefficient (Wildman–Crippen LogP) is 2.80. The van der Waals surface area contributed by atoms with E-state index in [1.54, 1.807) is 0 Å². The minimum Gasteiger partial charge on any atom is -0.373 e. The maximum atomic E-state index is 6.49. The number of nitrogens with zero attached hydrogens (tertiary/aromatic N) is 2. The van der Waals surface area contributed by atoms with Crippen molar-refractivity contribution in [2.75, 3.05) is 6.61 Å². The fraction of sp³-hybridized carbons (Fsp3) is 0.800. The van der Waals surface area contributed by atoms with E-state index in [4.69, 9.17) is 10.5 Å². The minimum atomic E-state index is -0.237. The Hall–Kier alpha value is -0.870. The lowest BCUT2D eigenvalue weighted by Crippen LogP contribution is -2.48. The fourth-order valence-corrected chi connectivity index (χ4v) is 3.05. The zero-order valence-corrected chi connectivity index (χ0v) is 12.6. The van der Waals surface area contributed by atoms with Crippen molar-refractivity contribution in [2.45, 2.75) is 58.1 Å². The monoisotopic (exact) mass is 265 g/mol. The van der Waals surface area contributed by atoms with E-state index >= 15 is 0 Å². The zero-order valence-electron chi connectivity index (χ0n) is 12.6. The molecule has 2 rings (SSSR count). The van der Waals surface area contributed by atoms with Crippen molar-refractivity contribution in [1.82, 2.24) is 9.78 Å². The van der Waals surface area contributed by atoms with E-state index in [2.05, 4.69) is 18.9 Å². The van der Waals surface area contributed by atoms with Gasteiger partial charge in [-0.05, 0) is 44.1 Å². The second kappa shape index (κ2) is 5.25. The summed E-state index contributed by atoms with van der Waals surface area (Å²) in [5.41, 5.74) is 7.60. The van der Waals surface area contributed by atoms with Crippen molar-refractivity contribution in [1.29, 1.82) is 0 Å². The molecule has 108 valence electrons. The number of rotatable bonds is 4. The second-order valence-electron chi connectivity index (χ2n) is 6.55. The summed E-state index contributed by atoms with van der Waals surface area (Å²) < 4.78 is 7.92. The smallest absolute Gasteiger partial charge is 0.0890 e. The van der Waals surface area contributed by atoms with Crippen LogP contribution in [-0.2, 0) is 11.8 Å². The predicted molar refractivity (Wildman–Crippen MR) is 76.7 cm³/mol. The Labute approximate surface area is 116 Å². The standard InChI is InChI=1S/C15H27N3O/c1-5-19-15(9-7-14(2,3)8-10-15)13(16)12-6-11-18(4)17-12/h6,11,13H,5,7-10,16H2,1-4H3. The highest BCUT2D eigenvalue weighted by Gasteiger charge is 2.44. The van der Waals surface area contributed by atoms with Gasteiger partial charge in [0, 0.05) is 19.9 Å². The van der Waals surface area contributed by atoms with Gasteiger partial charge in [-0.3, -0.25) is 4.68 Å². The Kier molecular flexibility index (Phi) is 4.02. The fourth-order valence-electron chi connectivity index (χ4n) is 3.05. The molecule has 1 aromatic heterocycles. The average Bonchev–Trinajstić information content (AvgIpc) is 2.78. The molecule has 1 aliphatic rings. The van der Waals surface area contributed by atoms with E-state index in [0.29, 0.717) is 12.0 Å². The van der Waals surface area contributed by atoms with Crippen LogP contribution in [0.5, 0.6) is 0 Å². The number of aromatic nitrogens is 2. The van der Waals surface area contributed by atoms with Gasteiger partial charge in [-0.2, -0.15) is 5.10 Å². The van der Waals surface area contributed by atoms with Crippen molar-refractivity contribution in [2.24, 2.45) is 18.2 Å². The molecular formula is C15H27N3O. The van der Waals surface area contributed by atoms with Crippen LogP contribution in [0.3, 0.4) is 0 Å². The first-order valence-electron chi connectivity index (χ1n) is 7.28. The summed E-state index contributed by atoms with van der Waals surface area (Å²) in [5.74, 6) is 0. The van der Waals surface area contributed by atoms with Gasteiger partial charge in [0.25, 0.3) is 0 Å². The molecule has 1 heterocycles. The topological polar surface area (TPSA) is 53.1 Å². The average molecular weight is 265 g/mol. The van der Waals surface area contributed by atoms with Gasteiger partial charge in [-0.15, -0.1) is 0 Å². The lowest BCUT2D eigenvalue weighted by molar-refractivity contribution is -0.101. The Morgan fingerprint density at radius 1 is 1.37 bits per heavy atom. The third kappa shape index (κ3) is 3.00. The zero-order chi connectivity index (χ0) is 14.1. The highest BCUT2D eigenvalue weighted by molar-refractivity contribution is 5.13. The van der Waals surface area contributed by atoms with Crippen LogP contribution in [0, 0.1) is 5.41 Å². The number of ether oxygens (including phenoxy) is 1. The Morgan fingerprint density at radius 3 is 2.47 bits per heavy atom. The van der Waals surface area contributed by atoms with Gasteiger partial charge >= 0.3 is 0 Å². The van der Waals surface area contributed by atoms with Crippen molar-refractivity contribution in [3.05, 3.63) is 18.0 Å². The van der Waals surface area contributed by atoms with Crippen LogP contribution in [0.15, 0.2) is 12.3 Å². The number of hydrogen-bond donors (Lipinski definition) is 1. The molecule has 4 nitrogen and oxygen atoms in total. The third-order valence-corrected chi connectivity index (χ3v) is 4.50. The third-order valence-electron chi connectivity index (χ3n) is 4.50. The van der Waals surface area contributed by atoms with Gasteiger partial charge in [0.05, 0.1) is 17.3 Å². The molecule has 19 heavy (non-hydrogen) atoms. The van der Waals surface area contributed by atoms with Crippen LogP contribution in [0.1, 0.15) is 58.2 Å². The van der Waals surface area contributed by atoms with Crippen molar-refractivity contribution in [3.63, 3.8) is 0 Å². The van der Waals surface area contributed by atoms with Crippen LogP contribution in [-0.4, -0.2) is 22.0 Å². The first kappa shape index (κ1) is 14.5. The number of nitrogens with two attached hydrogens (primary N) is 1. The summed E-state index contributed by atoms with van der Waals surface area (Å²) in [4.78, 5) is 0. The maximum absolute atomic E-state index is 6.49. The summed E-state index contributed by atoms with van der Waals surface area (Å²) in [6.45, 7) is 7.41. The van der Waals surface area contributed by atoms with E-state index in [9.17, 15) is 0 Å². The summed E-state index contributed by atoms with van der Waals surface area (Å²) in [7, 11) is 1.92. The quantitative estimate of drug-likeness (QED) is 0.910. The lowest BCUT2D eigenvalue weighted by atomic mass is 9.68. The molecule has 1 atom stereocenters. The van der Waals surface area contributed by atoms with Gasteiger partial charge in [0.15, 0.2) is 0 Å². The van der Waals surface area contributed by atoms with E-state index < -0.39 is 0 Å². The molecule has 1 saturated carbocycles. The van der Waals surface area contributed by atoms with Crippen LogP contribution in [0.2, 0.25) is 0 Å². The summed E-state index contributed by atoms with van der Waals surface area (Å²) in [6, 6.07) is 1.87. The molecule has 0 bridgehead atoms. The molecular weight excluding hydrogens is 238 g/mol. The number of aryl methyl sites for hydroxylation is 1. The molecule has 1 aromatic rings. The van der Waals surface area contributed by atoms with E-state index in [0.717, 1.165) is 31.4 Å². The molecule has 0 saturated heterocycles. The summed E-state index contributed by atoms with van der Waals surface area (Å²) >= 11 is 0. The summed E-state index contributed by atoms with van der Waals surface area (Å²) in [6.07, 6.45) is 6.31. The second-order valence-corrected chi connectivity index (χ2v) is 6.55.